The van der Waals surface area contributed by atoms with Crippen LogP contribution in [0.4, 0.5) is 26.3 Å². The highest BCUT2D eigenvalue weighted by Gasteiger charge is 2.37. The van der Waals surface area contributed by atoms with Crippen LogP contribution in [0.5, 0.6) is 5.75 Å². The lowest BCUT2D eigenvalue weighted by Crippen LogP contribution is -2.18. The fourth-order valence-corrected chi connectivity index (χ4v) is 4.11. The van der Waals surface area contributed by atoms with Gasteiger partial charge >= 0.3 is 22.5 Å². The van der Waals surface area contributed by atoms with Crippen molar-refractivity contribution >= 4 is 27.4 Å². The molecule has 154 valence electrons. The fourth-order valence-electron chi connectivity index (χ4n) is 1.94. The third kappa shape index (κ3) is 5.61. The highest BCUT2D eigenvalue weighted by atomic mass is 32.3. The van der Waals surface area contributed by atoms with Gasteiger partial charge in [-0.25, -0.2) is 0 Å². The van der Waals surface area contributed by atoms with E-state index < -0.39 is 43.6 Å². The molecular weight excluding hydrogens is 436 g/mol. The van der Waals surface area contributed by atoms with Gasteiger partial charge in [-0.3, -0.25) is 4.79 Å². The van der Waals surface area contributed by atoms with Gasteiger partial charge in [-0.15, -0.1) is 11.3 Å². The van der Waals surface area contributed by atoms with Gasteiger partial charge in [-0.1, -0.05) is 0 Å². The molecule has 0 radical (unpaired) electrons. The van der Waals surface area contributed by atoms with E-state index in [1.54, 1.807) is 0 Å². The zero-order valence-electron chi connectivity index (χ0n) is 13.8. The normalized spacial score (nSPS) is 12.7. The number of hydrogen-bond acceptors (Lipinski definition) is 5. The van der Waals surface area contributed by atoms with Gasteiger partial charge in [-0.05, 0) is 30.3 Å². The van der Waals surface area contributed by atoms with Crippen LogP contribution in [0.15, 0.2) is 34.5 Å². The lowest BCUT2D eigenvalue weighted by Gasteiger charge is -2.14. The number of carbonyl (C=O) groups is 1. The monoisotopic (exact) mass is 447 g/mol. The molecule has 1 aromatic heterocycles. The Morgan fingerprint density at radius 1 is 1.04 bits per heavy atom. The van der Waals surface area contributed by atoms with Gasteiger partial charge in [-0.2, -0.15) is 34.8 Å². The molecule has 1 aromatic carbocycles. The molecule has 0 aliphatic rings. The summed E-state index contributed by atoms with van der Waals surface area (Å²) in [5.74, 6) is -1.50. The van der Waals surface area contributed by atoms with Crippen molar-refractivity contribution in [1.82, 2.24) is 5.32 Å². The number of rotatable bonds is 5. The number of amides is 1. The van der Waals surface area contributed by atoms with Gasteiger partial charge < -0.3 is 9.50 Å². The zero-order valence-corrected chi connectivity index (χ0v) is 15.4. The Balaban J connectivity index is 2.36. The summed E-state index contributed by atoms with van der Waals surface area (Å²) in [5, 5.41) is 2.41. The van der Waals surface area contributed by atoms with Gasteiger partial charge in [0.15, 0.2) is 4.21 Å². The summed E-state index contributed by atoms with van der Waals surface area (Å²) < 4.78 is 106. The highest BCUT2D eigenvalue weighted by Crippen LogP contribution is 2.39. The number of carbonyl (C=O) groups excluding carboxylic acids is 1. The van der Waals surface area contributed by atoms with E-state index in [1.807, 2.05) is 0 Å². The van der Waals surface area contributed by atoms with Crippen LogP contribution in [0, 0.1) is 0 Å². The van der Waals surface area contributed by atoms with E-state index in [-0.39, 0.29) is 30.7 Å². The lowest BCUT2D eigenvalue weighted by atomic mass is 10.1. The summed E-state index contributed by atoms with van der Waals surface area (Å²) in [5.41, 5.74) is -3.41. The lowest BCUT2D eigenvalue weighted by molar-refractivity contribution is -0.143. The average Bonchev–Trinajstić information content (AvgIpc) is 3.00. The van der Waals surface area contributed by atoms with Crippen LogP contribution in [-0.2, 0) is 33.8 Å². The first-order valence-electron chi connectivity index (χ1n) is 7.25. The first-order valence-corrected chi connectivity index (χ1v) is 9.48. The number of nitrogens with one attached hydrogen (secondary N) is 1. The van der Waals surface area contributed by atoms with Crippen molar-refractivity contribution in [2.24, 2.45) is 0 Å². The Morgan fingerprint density at radius 2 is 1.57 bits per heavy atom. The molecule has 0 spiro atoms. The molecule has 13 heteroatoms. The second-order valence-electron chi connectivity index (χ2n) is 5.41. The van der Waals surface area contributed by atoms with E-state index in [1.165, 1.54) is 13.0 Å². The first kappa shape index (κ1) is 22.0. The number of benzene rings is 1. The molecule has 0 aliphatic carbocycles. The maximum absolute atomic E-state index is 12.8. The SMILES string of the molecule is CC(=O)NCc1ccc(S(=O)(=O)Oc2cc(C(F)(F)F)cc(C(F)(F)F)c2)s1. The van der Waals surface area contributed by atoms with Crippen LogP contribution in [0.3, 0.4) is 0 Å². The van der Waals surface area contributed by atoms with E-state index in [9.17, 15) is 39.6 Å². The fraction of sp³-hybridized carbons (Fsp3) is 0.267. The Hall–Kier alpha value is -2.28. The quantitative estimate of drug-likeness (QED) is 0.551. The number of thiophene rings is 1. The van der Waals surface area contributed by atoms with E-state index in [0.29, 0.717) is 16.2 Å². The summed E-state index contributed by atoms with van der Waals surface area (Å²) in [6, 6.07) is 2.58. The predicted molar refractivity (Wildman–Crippen MR) is 86.1 cm³/mol. The summed E-state index contributed by atoms with van der Waals surface area (Å²) in [6.07, 6.45) is -10.3. The third-order valence-corrected chi connectivity index (χ3v) is 5.95. The average molecular weight is 447 g/mol. The van der Waals surface area contributed by atoms with Crippen molar-refractivity contribution < 1.29 is 43.7 Å². The van der Waals surface area contributed by atoms with Crippen LogP contribution in [0.2, 0.25) is 0 Å². The molecule has 2 aromatic rings. The minimum Gasteiger partial charge on any atom is -0.378 e. The minimum absolute atomic E-state index is 0.00268. The molecule has 0 atom stereocenters. The Labute approximate surface area is 159 Å². The third-order valence-electron chi connectivity index (χ3n) is 3.16. The van der Waals surface area contributed by atoms with Crippen LogP contribution in [0.25, 0.3) is 0 Å². The summed E-state index contributed by atoms with van der Waals surface area (Å²) >= 11 is 0.648. The Bertz CT molecular complexity index is 947. The van der Waals surface area contributed by atoms with Gasteiger partial charge in [0.1, 0.15) is 5.75 Å². The van der Waals surface area contributed by atoms with Gasteiger partial charge in [0, 0.05) is 11.8 Å². The largest absolute Gasteiger partial charge is 0.416 e. The van der Waals surface area contributed by atoms with E-state index in [0.717, 1.165) is 6.07 Å². The topological polar surface area (TPSA) is 72.5 Å². The number of halogens is 6. The van der Waals surface area contributed by atoms with Crippen molar-refractivity contribution in [3.05, 3.63) is 46.3 Å². The molecule has 1 heterocycles. The van der Waals surface area contributed by atoms with Gasteiger partial charge in [0.05, 0.1) is 17.7 Å². The summed E-state index contributed by atoms with van der Waals surface area (Å²) in [7, 11) is -4.68. The van der Waals surface area contributed by atoms with Gasteiger partial charge in [0.25, 0.3) is 0 Å². The Morgan fingerprint density at radius 3 is 2.04 bits per heavy atom. The van der Waals surface area contributed by atoms with Crippen molar-refractivity contribution in [1.29, 1.82) is 0 Å². The van der Waals surface area contributed by atoms with E-state index >= 15 is 0 Å². The molecule has 1 N–H and O–H groups in total. The van der Waals surface area contributed by atoms with Crippen molar-refractivity contribution in [2.75, 3.05) is 0 Å². The molecule has 2 rings (SSSR count). The molecule has 0 saturated heterocycles. The van der Waals surface area contributed by atoms with Crippen LogP contribution in [-0.4, -0.2) is 14.3 Å². The first-order chi connectivity index (χ1) is 12.7. The van der Waals surface area contributed by atoms with E-state index in [4.69, 9.17) is 0 Å². The van der Waals surface area contributed by atoms with Crippen LogP contribution >= 0.6 is 11.3 Å². The molecular formula is C15H11F6NO4S2. The van der Waals surface area contributed by atoms with E-state index in [2.05, 4.69) is 9.50 Å². The van der Waals surface area contributed by atoms with Crippen molar-refractivity contribution in [2.45, 2.75) is 30.0 Å². The number of hydrogen-bond donors (Lipinski definition) is 1. The highest BCUT2D eigenvalue weighted by molar-refractivity contribution is 7.89. The smallest absolute Gasteiger partial charge is 0.378 e. The van der Waals surface area contributed by atoms with Crippen molar-refractivity contribution in [3.63, 3.8) is 0 Å². The molecule has 0 aliphatic heterocycles. The molecule has 28 heavy (non-hydrogen) atoms. The maximum atomic E-state index is 12.8. The van der Waals surface area contributed by atoms with Gasteiger partial charge in [0.2, 0.25) is 5.91 Å². The molecule has 0 bridgehead atoms. The minimum atomic E-state index is -5.14. The molecule has 0 saturated carbocycles. The predicted octanol–water partition coefficient (Wildman–Crippen LogP) is 4.19. The molecule has 0 fully saturated rings. The second kappa shape index (κ2) is 7.62. The van der Waals surface area contributed by atoms with Crippen molar-refractivity contribution in [3.8, 4) is 5.75 Å². The summed E-state index contributed by atoms with van der Waals surface area (Å²) in [6.45, 7) is 1.23. The molecule has 5 nitrogen and oxygen atoms in total. The molecule has 1 amide bonds. The zero-order chi connectivity index (χ0) is 21.3. The maximum Gasteiger partial charge on any atom is 0.416 e. The molecule has 0 unspecified atom stereocenters. The van der Waals surface area contributed by atoms with Crippen LogP contribution < -0.4 is 9.50 Å². The Kier molecular flexibility index (Phi) is 5.99. The standard InChI is InChI=1S/C15H11F6NO4S2/c1-8(23)22-7-12-2-3-13(27-12)28(24,25)26-11-5-9(14(16,17)18)4-10(6-11)15(19,20)21/h2-6H,7H2,1H3,(H,22,23). The van der Waals surface area contributed by atoms with Crippen LogP contribution in [0.1, 0.15) is 22.9 Å². The number of alkyl halides is 6. The second-order valence-corrected chi connectivity index (χ2v) is 8.35. The summed E-state index contributed by atoms with van der Waals surface area (Å²) in [4.78, 5) is 11.2.